The number of phenols is 1. The number of phenolic OH excluding ortho intramolecular Hbond substituents is 1. The minimum atomic E-state index is -1.10. The van der Waals surface area contributed by atoms with Crippen molar-refractivity contribution in [3.05, 3.63) is 27.7 Å². The van der Waals surface area contributed by atoms with Crippen molar-refractivity contribution < 1.29 is 15.0 Å². The Labute approximate surface area is 102 Å². The summed E-state index contributed by atoms with van der Waals surface area (Å²) in [7, 11) is 0. The van der Waals surface area contributed by atoms with Crippen molar-refractivity contribution in [2.45, 2.75) is 13.0 Å². The molecule has 4 N–H and O–H groups in total. The molecule has 0 aliphatic rings. The van der Waals surface area contributed by atoms with E-state index in [0.29, 0.717) is 4.47 Å². The topological polar surface area (TPSA) is 83.6 Å². The van der Waals surface area contributed by atoms with Gasteiger partial charge in [0.2, 0.25) is 0 Å². The van der Waals surface area contributed by atoms with Crippen molar-refractivity contribution in [2.24, 2.45) is 5.73 Å². The number of carboxylic acid groups (broad SMARTS) is 1. The number of carbonyl (C=O) groups is 1. The van der Waals surface area contributed by atoms with Gasteiger partial charge in [0.15, 0.2) is 0 Å². The highest BCUT2D eigenvalue weighted by molar-refractivity contribution is 9.10. The minimum Gasteiger partial charge on any atom is -0.506 e. The van der Waals surface area contributed by atoms with Gasteiger partial charge in [0.1, 0.15) is 5.75 Å². The summed E-state index contributed by atoms with van der Waals surface area (Å²) in [5, 5.41) is 18.5. The number of aromatic carboxylic acids is 1. The quantitative estimate of drug-likeness (QED) is 0.782. The van der Waals surface area contributed by atoms with Gasteiger partial charge in [0.25, 0.3) is 0 Å². The van der Waals surface area contributed by atoms with Crippen molar-refractivity contribution >= 4 is 34.3 Å². The van der Waals surface area contributed by atoms with E-state index in [-0.39, 0.29) is 29.3 Å². The Morgan fingerprint density at radius 2 is 2.07 bits per heavy atom. The normalized spacial score (nSPS) is 11.7. The van der Waals surface area contributed by atoms with Crippen LogP contribution < -0.4 is 5.73 Å². The summed E-state index contributed by atoms with van der Waals surface area (Å²) in [5.41, 5.74) is 5.85. The van der Waals surface area contributed by atoms with Crippen molar-refractivity contribution in [3.8, 4) is 5.75 Å². The van der Waals surface area contributed by atoms with Gasteiger partial charge in [-0.1, -0.05) is 0 Å². The third-order valence-corrected chi connectivity index (χ3v) is 2.49. The molecule has 0 unspecified atom stereocenters. The molecule has 0 radical (unpaired) electrons. The van der Waals surface area contributed by atoms with E-state index in [2.05, 4.69) is 15.9 Å². The smallest absolute Gasteiger partial charge is 0.336 e. The second kappa shape index (κ2) is 5.34. The van der Waals surface area contributed by atoms with E-state index in [1.54, 1.807) is 6.92 Å². The van der Waals surface area contributed by atoms with Crippen molar-refractivity contribution in [1.29, 1.82) is 0 Å². The molecule has 1 atom stereocenters. The van der Waals surface area contributed by atoms with E-state index in [0.717, 1.165) is 0 Å². The Balaban J connectivity index is 0.00000196. The van der Waals surface area contributed by atoms with Crippen LogP contribution in [0.4, 0.5) is 0 Å². The van der Waals surface area contributed by atoms with E-state index in [9.17, 15) is 9.90 Å². The number of nitrogens with two attached hydrogens (primary N) is 1. The summed E-state index contributed by atoms with van der Waals surface area (Å²) in [6.45, 7) is 1.62. The zero-order valence-corrected chi connectivity index (χ0v) is 10.3. The average Bonchev–Trinajstić information content (AvgIpc) is 2.08. The van der Waals surface area contributed by atoms with Crippen LogP contribution in [0.25, 0.3) is 0 Å². The summed E-state index contributed by atoms with van der Waals surface area (Å²) >= 11 is 3.10. The van der Waals surface area contributed by atoms with Crippen LogP contribution in [0.2, 0.25) is 0 Å². The highest BCUT2D eigenvalue weighted by atomic mass is 79.9. The zero-order valence-electron chi connectivity index (χ0n) is 7.90. The highest BCUT2D eigenvalue weighted by Gasteiger charge is 2.18. The van der Waals surface area contributed by atoms with Crippen molar-refractivity contribution in [2.75, 3.05) is 0 Å². The fourth-order valence-corrected chi connectivity index (χ4v) is 1.57. The number of aromatic hydroxyl groups is 1. The largest absolute Gasteiger partial charge is 0.506 e. The lowest BCUT2D eigenvalue weighted by Crippen LogP contribution is -2.12. The van der Waals surface area contributed by atoms with Crippen LogP contribution in [0, 0.1) is 0 Å². The molecule has 1 rings (SSSR count). The van der Waals surface area contributed by atoms with Gasteiger partial charge in [0, 0.05) is 11.6 Å². The van der Waals surface area contributed by atoms with E-state index < -0.39 is 12.0 Å². The maximum Gasteiger partial charge on any atom is 0.336 e. The minimum absolute atomic E-state index is 0. The first-order valence-corrected chi connectivity index (χ1v) is 4.74. The molecule has 0 fully saturated rings. The summed E-state index contributed by atoms with van der Waals surface area (Å²) in [4.78, 5) is 10.8. The Morgan fingerprint density at radius 3 is 2.47 bits per heavy atom. The molecule has 0 amide bonds. The molecule has 84 valence electrons. The van der Waals surface area contributed by atoms with Crippen LogP contribution in [-0.4, -0.2) is 16.2 Å². The standard InChI is InChI=1S/C9H10BrNO3.ClH/c1-4(11)7-5(9(13)14)2-3-6(10)8(7)12;/h2-4,12H,11H2,1H3,(H,13,14);1H/t4-;/m0./s1. The third kappa shape index (κ3) is 2.84. The number of benzene rings is 1. The molecular weight excluding hydrogens is 285 g/mol. The maximum atomic E-state index is 10.8. The SMILES string of the molecule is C[C@H](N)c1c(C(=O)O)ccc(Br)c1O.Cl. The van der Waals surface area contributed by atoms with Gasteiger partial charge in [-0.2, -0.15) is 0 Å². The molecule has 0 aliphatic carbocycles. The lowest BCUT2D eigenvalue weighted by atomic mass is 10.0. The van der Waals surface area contributed by atoms with Crippen LogP contribution >= 0.6 is 28.3 Å². The first-order valence-electron chi connectivity index (χ1n) is 3.95. The Bertz CT molecular complexity index is 382. The fraction of sp³-hybridized carbons (Fsp3) is 0.222. The molecule has 1 aromatic carbocycles. The first kappa shape index (κ1) is 14.2. The van der Waals surface area contributed by atoms with Crippen molar-refractivity contribution in [1.82, 2.24) is 0 Å². The monoisotopic (exact) mass is 295 g/mol. The number of carboxylic acids is 1. The number of hydrogen-bond donors (Lipinski definition) is 3. The Kier molecular flexibility index (Phi) is 5.07. The summed E-state index contributed by atoms with van der Waals surface area (Å²) in [5.74, 6) is -1.21. The number of halogens is 2. The fourth-order valence-electron chi connectivity index (χ4n) is 1.23. The van der Waals surface area contributed by atoms with Crippen LogP contribution in [-0.2, 0) is 0 Å². The second-order valence-corrected chi connectivity index (χ2v) is 3.81. The molecule has 0 spiro atoms. The summed E-state index contributed by atoms with van der Waals surface area (Å²) < 4.78 is 0.440. The van der Waals surface area contributed by atoms with Crippen LogP contribution in [0.3, 0.4) is 0 Å². The molecule has 0 bridgehead atoms. The van der Waals surface area contributed by atoms with E-state index in [1.165, 1.54) is 12.1 Å². The summed E-state index contributed by atoms with van der Waals surface area (Å²) in [6, 6.07) is 2.36. The van der Waals surface area contributed by atoms with Gasteiger partial charge in [-0.05, 0) is 35.0 Å². The number of rotatable bonds is 2. The van der Waals surface area contributed by atoms with Crippen molar-refractivity contribution in [3.63, 3.8) is 0 Å². The molecular formula is C9H11BrClNO3. The molecule has 0 saturated heterocycles. The van der Waals surface area contributed by atoms with Gasteiger partial charge in [-0.3, -0.25) is 0 Å². The Hall–Kier alpha value is -0.780. The predicted molar refractivity (Wildman–Crippen MR) is 62.6 cm³/mol. The molecule has 0 saturated carbocycles. The highest BCUT2D eigenvalue weighted by Crippen LogP contribution is 2.33. The predicted octanol–water partition coefficient (Wildman–Crippen LogP) is 2.29. The molecule has 0 heterocycles. The lowest BCUT2D eigenvalue weighted by Gasteiger charge is -2.12. The van der Waals surface area contributed by atoms with Crippen LogP contribution in [0.5, 0.6) is 5.75 Å². The van der Waals surface area contributed by atoms with Crippen LogP contribution in [0.1, 0.15) is 28.9 Å². The average molecular weight is 297 g/mol. The number of hydrogen-bond acceptors (Lipinski definition) is 3. The molecule has 0 aromatic heterocycles. The molecule has 15 heavy (non-hydrogen) atoms. The molecule has 6 heteroatoms. The zero-order chi connectivity index (χ0) is 10.9. The first-order chi connectivity index (χ1) is 6.45. The molecule has 0 aliphatic heterocycles. The molecule has 1 aromatic rings. The third-order valence-electron chi connectivity index (χ3n) is 1.85. The summed E-state index contributed by atoms with van der Waals surface area (Å²) in [6.07, 6.45) is 0. The van der Waals surface area contributed by atoms with Crippen LogP contribution in [0.15, 0.2) is 16.6 Å². The van der Waals surface area contributed by atoms with Gasteiger partial charge < -0.3 is 15.9 Å². The van der Waals surface area contributed by atoms with Gasteiger partial charge in [0.05, 0.1) is 10.0 Å². The second-order valence-electron chi connectivity index (χ2n) is 2.95. The van der Waals surface area contributed by atoms with Gasteiger partial charge in [-0.15, -0.1) is 12.4 Å². The molecule has 4 nitrogen and oxygen atoms in total. The van der Waals surface area contributed by atoms with E-state index in [4.69, 9.17) is 10.8 Å². The van der Waals surface area contributed by atoms with Gasteiger partial charge in [-0.25, -0.2) is 4.79 Å². The van der Waals surface area contributed by atoms with E-state index >= 15 is 0 Å². The Morgan fingerprint density at radius 1 is 1.53 bits per heavy atom. The maximum absolute atomic E-state index is 10.8. The van der Waals surface area contributed by atoms with Gasteiger partial charge >= 0.3 is 5.97 Å². The lowest BCUT2D eigenvalue weighted by molar-refractivity contribution is 0.0694. The van der Waals surface area contributed by atoms with E-state index in [1.807, 2.05) is 0 Å².